The normalized spacial score (nSPS) is 20.9. The smallest absolute Gasteiger partial charge is 0.404 e. The van der Waals surface area contributed by atoms with Gasteiger partial charge in [0, 0.05) is 25.6 Å². The zero-order valence-corrected chi connectivity index (χ0v) is 13.0. The molecule has 0 bridgehead atoms. The first-order valence-electron chi connectivity index (χ1n) is 7.73. The maximum Gasteiger partial charge on any atom is 0.404 e. The second kappa shape index (κ2) is 6.97. The first-order valence-corrected chi connectivity index (χ1v) is 7.73. The van der Waals surface area contributed by atoms with Crippen molar-refractivity contribution < 1.29 is 18.7 Å². The van der Waals surface area contributed by atoms with Crippen LogP contribution in [0.3, 0.4) is 0 Å². The molecule has 0 spiro atoms. The van der Waals surface area contributed by atoms with E-state index in [1.54, 1.807) is 0 Å². The number of likely N-dealkylation sites (tertiary alicyclic amines) is 1. The van der Waals surface area contributed by atoms with E-state index in [2.05, 4.69) is 5.32 Å². The molecule has 1 fully saturated rings. The summed E-state index contributed by atoms with van der Waals surface area (Å²) in [5.41, 5.74) is 1.30. The second-order valence-corrected chi connectivity index (χ2v) is 6.01. The Morgan fingerprint density at radius 1 is 1.17 bits per heavy atom. The van der Waals surface area contributed by atoms with Gasteiger partial charge in [-0.2, -0.15) is 0 Å². The van der Waals surface area contributed by atoms with E-state index in [0.717, 1.165) is 23.8 Å². The molecule has 2 N–H and O–H groups in total. The van der Waals surface area contributed by atoms with E-state index in [-0.39, 0.29) is 5.56 Å². The third kappa shape index (κ3) is 3.71. The molecule has 1 saturated heterocycles. The van der Waals surface area contributed by atoms with Crippen molar-refractivity contribution in [3.63, 3.8) is 0 Å². The van der Waals surface area contributed by atoms with E-state index in [0.29, 0.717) is 19.6 Å². The Morgan fingerprint density at radius 2 is 1.92 bits per heavy atom. The maximum atomic E-state index is 14.1. The molecule has 6 heteroatoms. The van der Waals surface area contributed by atoms with Crippen molar-refractivity contribution >= 4 is 6.09 Å². The van der Waals surface area contributed by atoms with Gasteiger partial charge in [-0.25, -0.2) is 13.6 Å². The van der Waals surface area contributed by atoms with Gasteiger partial charge in [0.1, 0.15) is 11.6 Å². The third-order valence-corrected chi connectivity index (χ3v) is 4.31. The van der Waals surface area contributed by atoms with E-state index >= 15 is 0 Å². The van der Waals surface area contributed by atoms with Crippen LogP contribution < -0.4 is 5.32 Å². The van der Waals surface area contributed by atoms with Crippen LogP contribution in [0.25, 0.3) is 0 Å². The Morgan fingerprint density at radius 3 is 2.62 bits per heavy atom. The molecule has 0 aromatic heterocycles. The molecule has 1 aliphatic rings. The summed E-state index contributed by atoms with van der Waals surface area (Å²) in [5.74, 6) is -1.47. The molecule has 3 rings (SSSR count). The molecular formula is C18H18F2N2O2. The van der Waals surface area contributed by atoms with Crippen LogP contribution in [0.1, 0.15) is 17.0 Å². The number of hydrogen-bond donors (Lipinski definition) is 2. The van der Waals surface area contributed by atoms with Gasteiger partial charge in [-0.05, 0) is 29.3 Å². The fourth-order valence-electron chi connectivity index (χ4n) is 3.27. The minimum absolute atomic E-state index is 0.212. The van der Waals surface area contributed by atoms with Crippen LogP contribution in [-0.2, 0) is 6.54 Å². The van der Waals surface area contributed by atoms with E-state index < -0.39 is 29.7 Å². The molecule has 4 nitrogen and oxygen atoms in total. The zero-order chi connectivity index (χ0) is 17.1. The van der Waals surface area contributed by atoms with Crippen LogP contribution in [0.4, 0.5) is 13.6 Å². The predicted octanol–water partition coefficient (Wildman–Crippen LogP) is 3.20. The largest absolute Gasteiger partial charge is 0.465 e. The van der Waals surface area contributed by atoms with Gasteiger partial charge in [-0.1, -0.05) is 30.3 Å². The molecule has 1 heterocycles. The summed E-state index contributed by atoms with van der Waals surface area (Å²) >= 11 is 0. The number of amides is 1. The monoisotopic (exact) mass is 332 g/mol. The van der Waals surface area contributed by atoms with Crippen LogP contribution in [0, 0.1) is 11.6 Å². The van der Waals surface area contributed by atoms with Gasteiger partial charge in [0.05, 0.1) is 6.04 Å². The van der Waals surface area contributed by atoms with E-state index in [1.807, 2.05) is 35.2 Å². The number of benzene rings is 2. The quantitative estimate of drug-likeness (QED) is 0.904. The van der Waals surface area contributed by atoms with Crippen molar-refractivity contribution in [1.82, 2.24) is 10.2 Å². The van der Waals surface area contributed by atoms with Crippen molar-refractivity contribution in [3.8, 4) is 0 Å². The predicted molar refractivity (Wildman–Crippen MR) is 85.8 cm³/mol. The summed E-state index contributed by atoms with van der Waals surface area (Å²) in [7, 11) is 0. The van der Waals surface area contributed by atoms with Crippen LogP contribution in [0.15, 0.2) is 48.5 Å². The highest BCUT2D eigenvalue weighted by Gasteiger charge is 2.36. The number of halogens is 2. The summed E-state index contributed by atoms with van der Waals surface area (Å²) in [5, 5.41) is 11.5. The van der Waals surface area contributed by atoms with Gasteiger partial charge < -0.3 is 10.4 Å². The Balaban J connectivity index is 1.83. The van der Waals surface area contributed by atoms with Gasteiger partial charge in [-0.3, -0.25) is 4.90 Å². The van der Waals surface area contributed by atoms with Gasteiger partial charge in [0.25, 0.3) is 0 Å². The van der Waals surface area contributed by atoms with E-state index in [4.69, 9.17) is 5.11 Å². The Bertz CT molecular complexity index is 724. The molecule has 2 atom stereocenters. The van der Waals surface area contributed by atoms with Gasteiger partial charge >= 0.3 is 6.09 Å². The van der Waals surface area contributed by atoms with Crippen molar-refractivity contribution in [1.29, 1.82) is 0 Å². The SMILES string of the molecule is O=C(O)N[C@H]1CN(Cc2ccccc2)C[C@@H]1c1cc(F)ccc1F. The summed E-state index contributed by atoms with van der Waals surface area (Å²) in [6.07, 6.45) is -1.16. The fourth-order valence-corrected chi connectivity index (χ4v) is 3.27. The minimum atomic E-state index is -1.16. The van der Waals surface area contributed by atoms with Crippen LogP contribution in [0.2, 0.25) is 0 Å². The van der Waals surface area contributed by atoms with Crippen LogP contribution in [-0.4, -0.2) is 35.2 Å². The molecule has 0 radical (unpaired) electrons. The molecule has 24 heavy (non-hydrogen) atoms. The lowest BCUT2D eigenvalue weighted by molar-refractivity contribution is 0.188. The Hall–Kier alpha value is -2.47. The minimum Gasteiger partial charge on any atom is -0.465 e. The molecule has 1 aliphatic heterocycles. The highest BCUT2D eigenvalue weighted by atomic mass is 19.1. The lowest BCUT2D eigenvalue weighted by atomic mass is 9.94. The number of carboxylic acid groups (broad SMARTS) is 1. The molecule has 0 saturated carbocycles. The van der Waals surface area contributed by atoms with Gasteiger partial charge in [0.15, 0.2) is 0 Å². The Labute approximate surface area is 138 Å². The number of carbonyl (C=O) groups is 1. The van der Waals surface area contributed by atoms with Crippen LogP contribution in [0.5, 0.6) is 0 Å². The molecule has 0 aliphatic carbocycles. The van der Waals surface area contributed by atoms with Gasteiger partial charge in [0.2, 0.25) is 0 Å². The fraction of sp³-hybridized carbons (Fsp3) is 0.278. The zero-order valence-electron chi connectivity index (χ0n) is 13.0. The van der Waals surface area contributed by atoms with E-state index in [9.17, 15) is 13.6 Å². The molecule has 2 aromatic carbocycles. The third-order valence-electron chi connectivity index (χ3n) is 4.31. The summed E-state index contributed by atoms with van der Waals surface area (Å²) < 4.78 is 27.6. The lowest BCUT2D eigenvalue weighted by Crippen LogP contribution is -2.39. The molecular weight excluding hydrogens is 314 g/mol. The molecule has 1 amide bonds. The molecule has 2 aromatic rings. The highest BCUT2D eigenvalue weighted by Crippen LogP contribution is 2.31. The van der Waals surface area contributed by atoms with Crippen molar-refractivity contribution in [2.45, 2.75) is 18.5 Å². The molecule has 0 unspecified atom stereocenters. The first kappa shape index (κ1) is 16.4. The number of nitrogens with zero attached hydrogens (tertiary/aromatic N) is 1. The van der Waals surface area contributed by atoms with Crippen molar-refractivity contribution in [2.75, 3.05) is 13.1 Å². The number of nitrogens with one attached hydrogen (secondary N) is 1. The number of hydrogen-bond acceptors (Lipinski definition) is 2. The van der Waals surface area contributed by atoms with Crippen LogP contribution >= 0.6 is 0 Å². The van der Waals surface area contributed by atoms with Crippen molar-refractivity contribution in [2.24, 2.45) is 0 Å². The number of rotatable bonds is 4. The standard InChI is InChI=1S/C18H18F2N2O2/c19-13-6-7-16(20)14(8-13)15-10-22(11-17(15)21-18(23)24)9-12-4-2-1-3-5-12/h1-8,15,17,21H,9-11H2,(H,23,24)/t15-,17+/m1/s1. The van der Waals surface area contributed by atoms with E-state index in [1.165, 1.54) is 0 Å². The first-order chi connectivity index (χ1) is 11.5. The van der Waals surface area contributed by atoms with Gasteiger partial charge in [-0.15, -0.1) is 0 Å². The maximum absolute atomic E-state index is 14.1. The average molecular weight is 332 g/mol. The second-order valence-electron chi connectivity index (χ2n) is 6.01. The summed E-state index contributed by atoms with van der Waals surface area (Å²) in [6.45, 7) is 1.54. The average Bonchev–Trinajstić information content (AvgIpc) is 2.92. The summed E-state index contributed by atoms with van der Waals surface area (Å²) in [6, 6.07) is 12.6. The van der Waals surface area contributed by atoms with Crippen molar-refractivity contribution in [3.05, 3.63) is 71.3 Å². The molecule has 126 valence electrons. The Kier molecular flexibility index (Phi) is 4.76. The topological polar surface area (TPSA) is 52.6 Å². The summed E-state index contributed by atoms with van der Waals surface area (Å²) in [4.78, 5) is 13.1. The lowest BCUT2D eigenvalue weighted by Gasteiger charge is -2.19. The highest BCUT2D eigenvalue weighted by molar-refractivity contribution is 5.65.